The van der Waals surface area contributed by atoms with E-state index in [2.05, 4.69) is 18.8 Å². The third-order valence-corrected chi connectivity index (χ3v) is 3.69. The van der Waals surface area contributed by atoms with Gasteiger partial charge in [-0.25, -0.2) is 0 Å². The average molecular weight is 265 g/mol. The zero-order valence-electron chi connectivity index (χ0n) is 11.9. The molecular formula is C15H23NO3. The van der Waals surface area contributed by atoms with Gasteiger partial charge in [-0.3, -0.25) is 4.98 Å². The van der Waals surface area contributed by atoms with E-state index in [0.29, 0.717) is 37.7 Å². The van der Waals surface area contributed by atoms with Crippen LogP contribution in [-0.2, 0) is 10.3 Å². The highest BCUT2D eigenvalue weighted by molar-refractivity contribution is 5.28. The van der Waals surface area contributed by atoms with Crippen LogP contribution in [0.5, 0.6) is 5.75 Å². The summed E-state index contributed by atoms with van der Waals surface area (Å²) in [6, 6.07) is 1.89. The summed E-state index contributed by atoms with van der Waals surface area (Å²) in [5.74, 6) is 1.11. The Balaban J connectivity index is 2.20. The summed E-state index contributed by atoms with van der Waals surface area (Å²) in [6.45, 7) is 7.35. The van der Waals surface area contributed by atoms with Gasteiger partial charge in [-0.05, 0) is 18.9 Å². The zero-order chi connectivity index (χ0) is 13.9. The first-order valence-corrected chi connectivity index (χ1v) is 6.97. The normalized spacial score (nSPS) is 27.5. The molecule has 19 heavy (non-hydrogen) atoms. The second-order valence-electron chi connectivity index (χ2n) is 5.48. The van der Waals surface area contributed by atoms with Crippen molar-refractivity contribution >= 4 is 0 Å². The van der Waals surface area contributed by atoms with Gasteiger partial charge in [0, 0.05) is 24.6 Å². The lowest BCUT2D eigenvalue weighted by Gasteiger charge is -2.38. The third-order valence-electron chi connectivity index (χ3n) is 3.69. The van der Waals surface area contributed by atoms with E-state index in [-0.39, 0.29) is 6.10 Å². The maximum absolute atomic E-state index is 10.9. The molecule has 4 heteroatoms. The second-order valence-corrected chi connectivity index (χ2v) is 5.48. The molecule has 0 aromatic carbocycles. The molecule has 1 saturated heterocycles. The minimum absolute atomic E-state index is 0.0921. The zero-order valence-corrected chi connectivity index (χ0v) is 11.9. The number of aromatic nitrogens is 1. The molecule has 106 valence electrons. The van der Waals surface area contributed by atoms with Gasteiger partial charge in [-0.1, -0.05) is 13.8 Å². The van der Waals surface area contributed by atoms with Gasteiger partial charge < -0.3 is 14.6 Å². The maximum Gasteiger partial charge on any atom is 0.137 e. The van der Waals surface area contributed by atoms with Crippen LogP contribution in [-0.4, -0.2) is 29.4 Å². The van der Waals surface area contributed by atoms with E-state index >= 15 is 0 Å². The fourth-order valence-electron chi connectivity index (χ4n) is 2.48. The monoisotopic (exact) mass is 265 g/mol. The van der Waals surface area contributed by atoms with Crippen molar-refractivity contribution in [3.05, 3.63) is 24.0 Å². The third kappa shape index (κ3) is 3.25. The summed E-state index contributed by atoms with van der Waals surface area (Å²) in [6.07, 6.45) is 4.71. The predicted octanol–water partition coefficient (Wildman–Crippen LogP) is 2.50. The molecule has 0 aliphatic carbocycles. The van der Waals surface area contributed by atoms with Crippen LogP contribution in [0.2, 0.25) is 0 Å². The predicted molar refractivity (Wildman–Crippen MR) is 73.1 cm³/mol. The first kappa shape index (κ1) is 14.3. The fraction of sp³-hybridized carbons (Fsp3) is 0.667. The van der Waals surface area contributed by atoms with E-state index < -0.39 is 5.60 Å². The van der Waals surface area contributed by atoms with Crippen LogP contribution in [0.25, 0.3) is 0 Å². The van der Waals surface area contributed by atoms with Crippen LogP contribution in [0, 0.1) is 5.92 Å². The number of hydrogen-bond acceptors (Lipinski definition) is 4. The molecular weight excluding hydrogens is 242 g/mol. The van der Waals surface area contributed by atoms with Crippen molar-refractivity contribution in [3.8, 4) is 5.75 Å². The van der Waals surface area contributed by atoms with Crippen molar-refractivity contribution in [2.24, 2.45) is 5.92 Å². The Hall–Kier alpha value is -1.13. The van der Waals surface area contributed by atoms with Gasteiger partial charge in [-0.2, -0.15) is 0 Å². The molecule has 2 atom stereocenters. The number of aliphatic hydroxyl groups is 1. The molecule has 1 aromatic rings. The summed E-state index contributed by atoms with van der Waals surface area (Å²) >= 11 is 0. The van der Waals surface area contributed by atoms with Crippen LogP contribution in [0.1, 0.15) is 39.2 Å². The Bertz CT molecular complexity index is 422. The molecule has 2 heterocycles. The molecule has 0 saturated carbocycles. The number of pyridine rings is 1. The van der Waals surface area contributed by atoms with Gasteiger partial charge in [0.05, 0.1) is 31.1 Å². The molecule has 1 N–H and O–H groups in total. The van der Waals surface area contributed by atoms with Gasteiger partial charge in [-0.15, -0.1) is 0 Å². The Morgan fingerprint density at radius 3 is 3.00 bits per heavy atom. The van der Waals surface area contributed by atoms with Gasteiger partial charge in [0.25, 0.3) is 0 Å². The van der Waals surface area contributed by atoms with Crippen molar-refractivity contribution in [1.82, 2.24) is 4.98 Å². The highest BCUT2D eigenvalue weighted by atomic mass is 16.5. The van der Waals surface area contributed by atoms with Gasteiger partial charge in [0.1, 0.15) is 5.75 Å². The lowest BCUT2D eigenvalue weighted by atomic mass is 9.82. The first-order chi connectivity index (χ1) is 9.05. The van der Waals surface area contributed by atoms with Crippen LogP contribution in [0.4, 0.5) is 0 Å². The van der Waals surface area contributed by atoms with Crippen LogP contribution < -0.4 is 4.74 Å². The van der Waals surface area contributed by atoms with Crippen molar-refractivity contribution in [2.75, 3.05) is 13.2 Å². The molecule has 4 nitrogen and oxygen atoms in total. The topological polar surface area (TPSA) is 51.6 Å². The number of rotatable bonds is 4. The smallest absolute Gasteiger partial charge is 0.137 e. The fourth-order valence-corrected chi connectivity index (χ4v) is 2.48. The average Bonchev–Trinajstić information content (AvgIpc) is 2.39. The van der Waals surface area contributed by atoms with Gasteiger partial charge >= 0.3 is 0 Å². The van der Waals surface area contributed by atoms with Crippen LogP contribution >= 0.6 is 0 Å². The lowest BCUT2D eigenvalue weighted by Crippen LogP contribution is -2.40. The van der Waals surface area contributed by atoms with Crippen molar-refractivity contribution < 1.29 is 14.6 Å². The Morgan fingerprint density at radius 1 is 1.53 bits per heavy atom. The van der Waals surface area contributed by atoms with Gasteiger partial charge in [0.15, 0.2) is 0 Å². The van der Waals surface area contributed by atoms with Crippen molar-refractivity contribution in [3.63, 3.8) is 0 Å². The molecule has 1 aliphatic heterocycles. The SMILES string of the molecule is CCOc1cncc(C2(O)CCOC(C(C)C)C2)c1. The summed E-state index contributed by atoms with van der Waals surface area (Å²) in [7, 11) is 0. The number of ether oxygens (including phenoxy) is 2. The highest BCUT2D eigenvalue weighted by Crippen LogP contribution is 2.37. The minimum atomic E-state index is -0.854. The summed E-state index contributed by atoms with van der Waals surface area (Å²) in [5, 5.41) is 10.9. The molecule has 2 rings (SSSR count). The molecule has 0 amide bonds. The summed E-state index contributed by atoms with van der Waals surface area (Å²) < 4.78 is 11.2. The van der Waals surface area contributed by atoms with Gasteiger partial charge in [0.2, 0.25) is 0 Å². The largest absolute Gasteiger partial charge is 0.492 e. The molecule has 0 radical (unpaired) electrons. The van der Waals surface area contributed by atoms with E-state index in [1.54, 1.807) is 12.4 Å². The van der Waals surface area contributed by atoms with Crippen molar-refractivity contribution in [1.29, 1.82) is 0 Å². The number of hydrogen-bond donors (Lipinski definition) is 1. The molecule has 0 spiro atoms. The molecule has 2 unspecified atom stereocenters. The Kier molecular flexibility index (Phi) is 4.42. The highest BCUT2D eigenvalue weighted by Gasteiger charge is 2.38. The van der Waals surface area contributed by atoms with E-state index in [1.165, 1.54) is 0 Å². The first-order valence-electron chi connectivity index (χ1n) is 6.97. The summed E-state index contributed by atoms with van der Waals surface area (Å²) in [4.78, 5) is 4.17. The van der Waals surface area contributed by atoms with Crippen molar-refractivity contribution in [2.45, 2.75) is 45.3 Å². The maximum atomic E-state index is 10.9. The van der Waals surface area contributed by atoms with E-state index in [4.69, 9.17) is 9.47 Å². The molecule has 1 aromatic heterocycles. The standard InChI is InChI=1S/C15H23NO3/c1-4-18-13-7-12(9-16-10-13)15(17)5-6-19-14(8-15)11(2)3/h7,9-11,14,17H,4-6,8H2,1-3H3. The van der Waals surface area contributed by atoms with Crippen LogP contribution in [0.3, 0.4) is 0 Å². The molecule has 1 fully saturated rings. The van der Waals surface area contributed by atoms with E-state index in [1.807, 2.05) is 13.0 Å². The quantitative estimate of drug-likeness (QED) is 0.908. The molecule has 1 aliphatic rings. The Labute approximate surface area is 114 Å². The Morgan fingerprint density at radius 2 is 2.32 bits per heavy atom. The second kappa shape index (κ2) is 5.88. The van der Waals surface area contributed by atoms with E-state index in [9.17, 15) is 5.11 Å². The molecule has 0 bridgehead atoms. The van der Waals surface area contributed by atoms with Crippen LogP contribution in [0.15, 0.2) is 18.5 Å². The number of nitrogens with zero attached hydrogens (tertiary/aromatic N) is 1. The lowest BCUT2D eigenvalue weighted by molar-refractivity contribution is -0.121. The van der Waals surface area contributed by atoms with E-state index in [0.717, 1.165) is 5.56 Å². The summed E-state index contributed by atoms with van der Waals surface area (Å²) in [5.41, 5.74) is -0.0276. The minimum Gasteiger partial charge on any atom is -0.492 e.